The van der Waals surface area contributed by atoms with Crippen LogP contribution in [0.1, 0.15) is 10.9 Å². The van der Waals surface area contributed by atoms with Crippen LogP contribution in [0.3, 0.4) is 0 Å². The lowest BCUT2D eigenvalue weighted by Crippen LogP contribution is -2.28. The Bertz CT molecular complexity index is 864. The van der Waals surface area contributed by atoms with Crippen LogP contribution in [0.4, 0.5) is 6.01 Å². The predicted octanol–water partition coefficient (Wildman–Crippen LogP) is 3.22. The van der Waals surface area contributed by atoms with Crippen LogP contribution in [0.15, 0.2) is 59.0 Å². The number of hydrogen-bond acceptors (Lipinski definition) is 6. The van der Waals surface area contributed by atoms with Crippen molar-refractivity contribution in [2.45, 2.75) is 5.37 Å². The second kappa shape index (κ2) is 6.01. The summed E-state index contributed by atoms with van der Waals surface area (Å²) in [7, 11) is 0. The first-order valence-corrected chi connectivity index (χ1v) is 8.39. The van der Waals surface area contributed by atoms with E-state index in [0.717, 1.165) is 11.1 Å². The van der Waals surface area contributed by atoms with Crippen LogP contribution in [0.5, 0.6) is 5.75 Å². The Morgan fingerprint density at radius 2 is 1.83 bits per heavy atom. The van der Waals surface area contributed by atoms with E-state index in [4.69, 9.17) is 4.42 Å². The smallest absolute Gasteiger partial charge is 0.326 e. The molecular weight excluding hydrogens is 326 g/mol. The summed E-state index contributed by atoms with van der Waals surface area (Å²) in [5.74, 6) is 0.819. The molecule has 0 aliphatic carbocycles. The molecule has 120 valence electrons. The van der Waals surface area contributed by atoms with Gasteiger partial charge in [-0.15, -0.1) is 16.9 Å². The van der Waals surface area contributed by atoms with Crippen LogP contribution < -0.4 is 4.90 Å². The van der Waals surface area contributed by atoms with Crippen molar-refractivity contribution >= 4 is 23.7 Å². The average molecular weight is 339 g/mol. The van der Waals surface area contributed by atoms with Crippen LogP contribution in [0, 0.1) is 0 Å². The van der Waals surface area contributed by atoms with Gasteiger partial charge in [-0.05, 0) is 29.8 Å². The number of phenols is 1. The first-order valence-electron chi connectivity index (χ1n) is 7.34. The molecule has 1 aromatic heterocycles. The van der Waals surface area contributed by atoms with Gasteiger partial charge in [0.2, 0.25) is 11.8 Å². The minimum absolute atomic E-state index is 0.0821. The molecule has 0 bridgehead atoms. The van der Waals surface area contributed by atoms with E-state index in [0.29, 0.717) is 11.6 Å². The highest BCUT2D eigenvalue weighted by Gasteiger charge is 2.37. The highest BCUT2D eigenvalue weighted by molar-refractivity contribution is 8.00. The zero-order valence-electron chi connectivity index (χ0n) is 12.5. The van der Waals surface area contributed by atoms with Crippen LogP contribution in [0.25, 0.3) is 11.5 Å². The fraction of sp³-hybridized carbons (Fsp3) is 0.118. The molecule has 1 fully saturated rings. The third kappa shape index (κ3) is 2.63. The van der Waals surface area contributed by atoms with Gasteiger partial charge in [-0.3, -0.25) is 4.79 Å². The molecule has 0 saturated carbocycles. The molecule has 7 heteroatoms. The lowest BCUT2D eigenvalue weighted by molar-refractivity contribution is -0.116. The minimum atomic E-state index is -0.248. The van der Waals surface area contributed by atoms with Crippen molar-refractivity contribution in [1.82, 2.24) is 10.2 Å². The number of benzene rings is 2. The zero-order chi connectivity index (χ0) is 16.5. The second-order valence-electron chi connectivity index (χ2n) is 5.27. The monoisotopic (exact) mass is 339 g/mol. The van der Waals surface area contributed by atoms with Crippen molar-refractivity contribution in [3.63, 3.8) is 0 Å². The van der Waals surface area contributed by atoms with Gasteiger partial charge >= 0.3 is 6.01 Å². The van der Waals surface area contributed by atoms with E-state index < -0.39 is 0 Å². The largest absolute Gasteiger partial charge is 0.508 e. The third-order valence-electron chi connectivity index (χ3n) is 3.69. The lowest BCUT2D eigenvalue weighted by atomic mass is 10.2. The number of aromatic nitrogens is 2. The Kier molecular flexibility index (Phi) is 3.70. The Labute approximate surface area is 142 Å². The summed E-state index contributed by atoms with van der Waals surface area (Å²) in [6, 6.07) is 16.4. The molecular formula is C17H13N3O3S. The van der Waals surface area contributed by atoms with Crippen molar-refractivity contribution < 1.29 is 14.3 Å². The molecule has 1 atom stereocenters. The van der Waals surface area contributed by atoms with Gasteiger partial charge in [-0.1, -0.05) is 35.4 Å². The highest BCUT2D eigenvalue weighted by atomic mass is 32.2. The van der Waals surface area contributed by atoms with Gasteiger partial charge in [-0.25, -0.2) is 4.90 Å². The Morgan fingerprint density at radius 3 is 2.58 bits per heavy atom. The number of carbonyl (C=O) groups is 1. The Morgan fingerprint density at radius 1 is 1.08 bits per heavy atom. The van der Waals surface area contributed by atoms with Crippen LogP contribution in [-0.2, 0) is 4.79 Å². The Balaban J connectivity index is 1.67. The number of rotatable bonds is 3. The van der Waals surface area contributed by atoms with Crippen LogP contribution in [0.2, 0.25) is 0 Å². The molecule has 0 unspecified atom stereocenters. The van der Waals surface area contributed by atoms with E-state index in [1.165, 1.54) is 16.7 Å². The number of amides is 1. The standard InChI is InChI=1S/C17H13N3O3S/c21-13-8-6-12(7-9-13)16-20(14(22)10-24-16)17-19-18-15(23-17)11-4-2-1-3-5-11/h1-9,16,21H,10H2/t16-/m1/s1. The van der Waals surface area contributed by atoms with Gasteiger partial charge in [0, 0.05) is 5.56 Å². The molecule has 0 radical (unpaired) electrons. The molecule has 2 heterocycles. The quantitative estimate of drug-likeness (QED) is 0.789. The normalized spacial score (nSPS) is 17.4. The van der Waals surface area contributed by atoms with Crippen molar-refractivity contribution in [2.24, 2.45) is 0 Å². The summed E-state index contributed by atoms with van der Waals surface area (Å²) in [6.07, 6.45) is 0. The zero-order valence-corrected chi connectivity index (χ0v) is 13.3. The number of hydrogen-bond donors (Lipinski definition) is 1. The van der Waals surface area contributed by atoms with Gasteiger partial charge in [0.25, 0.3) is 0 Å². The molecule has 1 aliphatic rings. The molecule has 1 aliphatic heterocycles. The minimum Gasteiger partial charge on any atom is -0.508 e. The number of aromatic hydroxyl groups is 1. The first-order chi connectivity index (χ1) is 11.7. The molecule has 1 saturated heterocycles. The van der Waals surface area contributed by atoms with Gasteiger partial charge in [0.05, 0.1) is 5.75 Å². The molecule has 0 spiro atoms. The average Bonchev–Trinajstić information content (AvgIpc) is 3.23. The third-order valence-corrected chi connectivity index (χ3v) is 4.90. The van der Waals surface area contributed by atoms with Gasteiger partial charge in [-0.2, -0.15) is 0 Å². The molecule has 4 rings (SSSR count). The van der Waals surface area contributed by atoms with E-state index in [1.54, 1.807) is 24.3 Å². The molecule has 6 nitrogen and oxygen atoms in total. The number of thioether (sulfide) groups is 1. The molecule has 24 heavy (non-hydrogen) atoms. The summed E-state index contributed by atoms with van der Waals surface area (Å²) in [6.45, 7) is 0. The number of carbonyl (C=O) groups excluding carboxylic acids is 1. The summed E-state index contributed by atoms with van der Waals surface area (Å²) >= 11 is 1.48. The maximum Gasteiger partial charge on any atom is 0.326 e. The number of nitrogens with zero attached hydrogens (tertiary/aromatic N) is 3. The van der Waals surface area contributed by atoms with Crippen LogP contribution >= 0.6 is 11.8 Å². The highest BCUT2D eigenvalue weighted by Crippen LogP contribution is 2.41. The van der Waals surface area contributed by atoms with E-state index in [-0.39, 0.29) is 23.0 Å². The lowest BCUT2D eigenvalue weighted by Gasteiger charge is -2.19. The molecule has 2 aromatic carbocycles. The van der Waals surface area contributed by atoms with Gasteiger partial charge < -0.3 is 9.52 Å². The van der Waals surface area contributed by atoms with Gasteiger partial charge in [0.1, 0.15) is 11.1 Å². The summed E-state index contributed by atoms with van der Waals surface area (Å²) in [5, 5.41) is 17.3. The fourth-order valence-corrected chi connectivity index (χ4v) is 3.67. The second-order valence-corrected chi connectivity index (χ2v) is 6.34. The maximum atomic E-state index is 12.3. The number of phenolic OH excluding ortho intramolecular Hbond substituents is 1. The van der Waals surface area contributed by atoms with E-state index in [2.05, 4.69) is 10.2 Å². The number of anilines is 1. The van der Waals surface area contributed by atoms with Crippen molar-refractivity contribution in [2.75, 3.05) is 10.7 Å². The maximum absolute atomic E-state index is 12.3. The van der Waals surface area contributed by atoms with Crippen molar-refractivity contribution in [1.29, 1.82) is 0 Å². The summed E-state index contributed by atoms with van der Waals surface area (Å²) in [5.41, 5.74) is 1.69. The SMILES string of the molecule is O=C1CS[C@H](c2ccc(O)cc2)N1c1nnc(-c2ccccc2)o1. The molecule has 1 amide bonds. The van der Waals surface area contributed by atoms with Crippen LogP contribution in [-0.4, -0.2) is 27.0 Å². The molecule has 3 aromatic rings. The summed E-state index contributed by atoms with van der Waals surface area (Å²) in [4.78, 5) is 13.8. The Hall–Kier alpha value is -2.80. The van der Waals surface area contributed by atoms with Gasteiger partial charge in [0.15, 0.2) is 0 Å². The topological polar surface area (TPSA) is 79.5 Å². The predicted molar refractivity (Wildman–Crippen MR) is 90.5 cm³/mol. The first kappa shape index (κ1) is 14.8. The van der Waals surface area contributed by atoms with E-state index in [9.17, 15) is 9.90 Å². The van der Waals surface area contributed by atoms with E-state index in [1.807, 2.05) is 30.3 Å². The van der Waals surface area contributed by atoms with Crippen molar-refractivity contribution in [3.05, 3.63) is 60.2 Å². The van der Waals surface area contributed by atoms with Crippen molar-refractivity contribution in [3.8, 4) is 17.2 Å². The fourth-order valence-electron chi connectivity index (χ4n) is 2.53. The van der Waals surface area contributed by atoms with E-state index >= 15 is 0 Å². The summed E-state index contributed by atoms with van der Waals surface area (Å²) < 4.78 is 5.72. The molecule has 1 N–H and O–H groups in total.